The van der Waals surface area contributed by atoms with Crippen LogP contribution in [0, 0.1) is 0 Å². The summed E-state index contributed by atoms with van der Waals surface area (Å²) >= 11 is 6.14. The van der Waals surface area contributed by atoms with Crippen LogP contribution in [0.3, 0.4) is 0 Å². The molecule has 3 aromatic rings. The Kier molecular flexibility index (Phi) is 6.90. The molecule has 1 atom stereocenters. The van der Waals surface area contributed by atoms with E-state index in [0.29, 0.717) is 22.8 Å². The van der Waals surface area contributed by atoms with Gasteiger partial charge in [-0.05, 0) is 50.2 Å². The number of aryl methyl sites for hydroxylation is 1. The molecular weight excluding hydrogens is 433 g/mol. The summed E-state index contributed by atoms with van der Waals surface area (Å²) in [6.45, 7) is 4.22. The standard InChI is InChI=1S/C22H20ClF3N2O3/c1-3-28-11-10-18(27-28)17-13-16(23)8-9-19(17)31-20(21(29)30-4-2)14-6-5-7-15(12-14)22(24,25)26/h5-13,20H,3-4H2,1-2H3. The zero-order valence-corrected chi connectivity index (χ0v) is 17.6. The van der Waals surface area contributed by atoms with Gasteiger partial charge in [0.05, 0.1) is 17.9 Å². The number of alkyl halides is 3. The summed E-state index contributed by atoms with van der Waals surface area (Å²) in [6, 6.07) is 10.9. The van der Waals surface area contributed by atoms with Gasteiger partial charge in [0.1, 0.15) is 5.75 Å². The van der Waals surface area contributed by atoms with Crippen LogP contribution in [-0.4, -0.2) is 22.4 Å². The van der Waals surface area contributed by atoms with Crippen LogP contribution >= 0.6 is 11.6 Å². The molecule has 0 radical (unpaired) electrons. The predicted octanol–water partition coefficient (Wildman–Crippen LogP) is 5.93. The van der Waals surface area contributed by atoms with Crippen molar-refractivity contribution in [2.45, 2.75) is 32.7 Å². The van der Waals surface area contributed by atoms with Gasteiger partial charge in [-0.2, -0.15) is 18.3 Å². The molecular formula is C22H20ClF3N2O3. The Balaban J connectivity index is 2.04. The van der Waals surface area contributed by atoms with E-state index in [2.05, 4.69) is 5.10 Å². The van der Waals surface area contributed by atoms with Crippen molar-refractivity contribution in [1.29, 1.82) is 0 Å². The van der Waals surface area contributed by atoms with Crippen molar-refractivity contribution < 1.29 is 27.4 Å². The van der Waals surface area contributed by atoms with Gasteiger partial charge in [-0.1, -0.05) is 23.7 Å². The van der Waals surface area contributed by atoms with Gasteiger partial charge in [-0.15, -0.1) is 0 Å². The number of halogens is 4. The Morgan fingerprint density at radius 2 is 1.94 bits per heavy atom. The summed E-state index contributed by atoms with van der Waals surface area (Å²) in [5.41, 5.74) is 0.182. The number of aromatic nitrogens is 2. The van der Waals surface area contributed by atoms with Crippen molar-refractivity contribution >= 4 is 17.6 Å². The molecule has 0 aliphatic carbocycles. The third kappa shape index (κ3) is 5.38. The average Bonchev–Trinajstić information content (AvgIpc) is 3.21. The monoisotopic (exact) mass is 452 g/mol. The molecule has 0 N–H and O–H groups in total. The summed E-state index contributed by atoms with van der Waals surface area (Å²) in [5, 5.41) is 4.84. The highest BCUT2D eigenvalue weighted by Crippen LogP contribution is 2.36. The third-order valence-electron chi connectivity index (χ3n) is 4.44. The zero-order valence-electron chi connectivity index (χ0n) is 16.8. The molecule has 1 heterocycles. The highest BCUT2D eigenvalue weighted by molar-refractivity contribution is 6.31. The maximum absolute atomic E-state index is 13.2. The molecule has 1 aromatic heterocycles. The number of hydrogen-bond donors (Lipinski definition) is 0. The Labute approximate surface area is 182 Å². The molecule has 164 valence electrons. The van der Waals surface area contributed by atoms with E-state index in [0.717, 1.165) is 12.1 Å². The minimum absolute atomic E-state index is 0.0215. The molecule has 2 aromatic carbocycles. The topological polar surface area (TPSA) is 53.4 Å². The highest BCUT2D eigenvalue weighted by atomic mass is 35.5. The van der Waals surface area contributed by atoms with Crippen LogP contribution in [-0.2, 0) is 22.3 Å². The molecule has 0 bridgehead atoms. The SMILES string of the molecule is CCOC(=O)C(Oc1ccc(Cl)cc1-c1ccn(CC)n1)c1cccc(C(F)(F)F)c1. The van der Waals surface area contributed by atoms with E-state index >= 15 is 0 Å². The molecule has 0 amide bonds. The lowest BCUT2D eigenvalue weighted by molar-refractivity contribution is -0.152. The molecule has 0 spiro atoms. The first-order chi connectivity index (χ1) is 14.7. The van der Waals surface area contributed by atoms with Crippen molar-refractivity contribution in [1.82, 2.24) is 9.78 Å². The first kappa shape index (κ1) is 22.7. The lowest BCUT2D eigenvalue weighted by Gasteiger charge is -2.20. The van der Waals surface area contributed by atoms with E-state index in [-0.39, 0.29) is 17.9 Å². The lowest BCUT2D eigenvalue weighted by atomic mass is 10.0. The van der Waals surface area contributed by atoms with E-state index in [9.17, 15) is 18.0 Å². The summed E-state index contributed by atoms with van der Waals surface area (Å²) in [5.74, 6) is -0.567. The molecule has 0 aliphatic rings. The predicted molar refractivity (Wildman–Crippen MR) is 110 cm³/mol. The Morgan fingerprint density at radius 3 is 2.58 bits per heavy atom. The van der Waals surface area contributed by atoms with Gasteiger partial charge >= 0.3 is 12.1 Å². The molecule has 3 rings (SSSR count). The minimum atomic E-state index is -4.56. The Hall–Kier alpha value is -3.00. The van der Waals surface area contributed by atoms with Gasteiger partial charge in [0, 0.05) is 28.9 Å². The van der Waals surface area contributed by atoms with E-state index in [1.807, 2.05) is 6.92 Å². The van der Waals surface area contributed by atoms with Gasteiger partial charge in [0.25, 0.3) is 0 Å². The van der Waals surface area contributed by atoms with Gasteiger partial charge in [-0.3, -0.25) is 4.68 Å². The highest BCUT2D eigenvalue weighted by Gasteiger charge is 2.33. The maximum atomic E-state index is 13.2. The van der Waals surface area contributed by atoms with Crippen molar-refractivity contribution in [3.63, 3.8) is 0 Å². The number of benzene rings is 2. The van der Waals surface area contributed by atoms with Gasteiger partial charge in [-0.25, -0.2) is 4.79 Å². The summed E-state index contributed by atoms with van der Waals surface area (Å²) in [7, 11) is 0. The molecule has 5 nitrogen and oxygen atoms in total. The van der Waals surface area contributed by atoms with Crippen LogP contribution < -0.4 is 4.74 Å². The van der Waals surface area contributed by atoms with Crippen molar-refractivity contribution in [3.05, 3.63) is 70.9 Å². The number of esters is 1. The normalized spacial score (nSPS) is 12.5. The van der Waals surface area contributed by atoms with Crippen LogP contribution in [0.5, 0.6) is 5.75 Å². The van der Waals surface area contributed by atoms with Gasteiger partial charge < -0.3 is 9.47 Å². The van der Waals surface area contributed by atoms with Crippen LogP contribution in [0.4, 0.5) is 13.2 Å². The molecule has 0 fully saturated rings. The van der Waals surface area contributed by atoms with E-state index in [4.69, 9.17) is 21.1 Å². The number of nitrogens with zero attached hydrogens (tertiary/aromatic N) is 2. The van der Waals surface area contributed by atoms with Crippen molar-refractivity contribution in [2.75, 3.05) is 6.61 Å². The third-order valence-corrected chi connectivity index (χ3v) is 4.68. The lowest BCUT2D eigenvalue weighted by Crippen LogP contribution is -2.22. The first-order valence-electron chi connectivity index (χ1n) is 9.56. The van der Waals surface area contributed by atoms with Gasteiger partial charge in [0.15, 0.2) is 0 Å². The quantitative estimate of drug-likeness (QED) is 0.417. The minimum Gasteiger partial charge on any atom is -0.473 e. The van der Waals surface area contributed by atoms with Crippen LogP contribution in [0.2, 0.25) is 5.02 Å². The van der Waals surface area contributed by atoms with E-state index in [1.165, 1.54) is 12.1 Å². The van der Waals surface area contributed by atoms with Crippen molar-refractivity contribution in [3.8, 4) is 17.0 Å². The largest absolute Gasteiger partial charge is 0.473 e. The summed E-state index contributed by atoms with van der Waals surface area (Å²) in [6.07, 6.45) is -4.20. The molecule has 0 aliphatic heterocycles. The van der Waals surface area contributed by atoms with Crippen molar-refractivity contribution in [2.24, 2.45) is 0 Å². The fourth-order valence-electron chi connectivity index (χ4n) is 2.96. The molecule has 0 saturated carbocycles. The van der Waals surface area contributed by atoms with Crippen LogP contribution in [0.25, 0.3) is 11.3 Å². The fraction of sp³-hybridized carbons (Fsp3) is 0.273. The number of hydrogen-bond acceptors (Lipinski definition) is 4. The second-order valence-corrected chi connectivity index (χ2v) is 7.01. The molecule has 0 saturated heterocycles. The average molecular weight is 453 g/mol. The smallest absolute Gasteiger partial charge is 0.416 e. The van der Waals surface area contributed by atoms with Crippen LogP contribution in [0.1, 0.15) is 31.1 Å². The maximum Gasteiger partial charge on any atom is 0.416 e. The molecule has 1 unspecified atom stereocenters. The second kappa shape index (κ2) is 9.43. The Bertz CT molecular complexity index is 1070. The van der Waals surface area contributed by atoms with Gasteiger partial charge in [0.2, 0.25) is 6.10 Å². The second-order valence-electron chi connectivity index (χ2n) is 6.57. The number of carbonyl (C=O) groups excluding carboxylic acids is 1. The zero-order chi connectivity index (χ0) is 22.6. The van der Waals surface area contributed by atoms with Crippen LogP contribution in [0.15, 0.2) is 54.7 Å². The number of ether oxygens (including phenoxy) is 2. The molecule has 9 heteroatoms. The van der Waals surface area contributed by atoms with E-state index < -0.39 is 23.8 Å². The summed E-state index contributed by atoms with van der Waals surface area (Å²) < 4.78 is 52.2. The number of rotatable bonds is 7. The summed E-state index contributed by atoms with van der Waals surface area (Å²) in [4.78, 5) is 12.6. The number of carbonyl (C=O) groups is 1. The fourth-order valence-corrected chi connectivity index (χ4v) is 3.13. The molecule has 31 heavy (non-hydrogen) atoms. The first-order valence-corrected chi connectivity index (χ1v) is 9.94. The Morgan fingerprint density at radius 1 is 1.16 bits per heavy atom. The van der Waals surface area contributed by atoms with E-state index in [1.54, 1.807) is 42.1 Å².